The Bertz CT molecular complexity index is 743. The molecule has 138 valence electrons. The number of nitrogens with one attached hydrogen (secondary N) is 1. The summed E-state index contributed by atoms with van der Waals surface area (Å²) in [6, 6.07) is 15.2. The number of amides is 2. The Balaban J connectivity index is 1.50. The van der Waals surface area contributed by atoms with Gasteiger partial charge in [-0.15, -0.1) is 0 Å². The fourth-order valence-electron chi connectivity index (χ4n) is 3.12. The number of rotatable bonds is 4. The van der Waals surface area contributed by atoms with Gasteiger partial charge in [-0.05, 0) is 29.8 Å². The summed E-state index contributed by atoms with van der Waals surface area (Å²) in [5, 5.41) is 2.89. The van der Waals surface area contributed by atoms with Crippen molar-refractivity contribution in [3.8, 4) is 0 Å². The van der Waals surface area contributed by atoms with Crippen LogP contribution in [0.1, 0.15) is 5.56 Å². The lowest BCUT2D eigenvalue weighted by Crippen LogP contribution is -2.51. The maximum absolute atomic E-state index is 14.0. The van der Waals surface area contributed by atoms with E-state index in [0.29, 0.717) is 25.3 Å². The topological polar surface area (TPSA) is 38.8 Å². The smallest absolute Gasteiger partial charge is 0.317 e. The summed E-state index contributed by atoms with van der Waals surface area (Å²) >= 11 is 0. The molecule has 0 atom stereocenters. The Morgan fingerprint density at radius 2 is 1.77 bits per heavy atom. The van der Waals surface area contributed by atoms with Crippen LogP contribution in [0.3, 0.4) is 0 Å². The zero-order chi connectivity index (χ0) is 18.5. The van der Waals surface area contributed by atoms with Crippen LogP contribution >= 0.6 is 0 Å². The molecule has 0 radical (unpaired) electrons. The first-order chi connectivity index (χ1) is 12.5. The summed E-state index contributed by atoms with van der Waals surface area (Å²) in [5.41, 5.74) is 2.48. The van der Waals surface area contributed by atoms with Gasteiger partial charge in [-0.3, -0.25) is 0 Å². The van der Waals surface area contributed by atoms with E-state index in [9.17, 15) is 9.18 Å². The second-order valence-electron chi connectivity index (χ2n) is 6.65. The predicted molar refractivity (Wildman–Crippen MR) is 103 cm³/mol. The monoisotopic (exact) mass is 356 g/mol. The van der Waals surface area contributed by atoms with E-state index in [1.807, 2.05) is 29.2 Å². The van der Waals surface area contributed by atoms with Crippen LogP contribution in [0.5, 0.6) is 0 Å². The van der Waals surface area contributed by atoms with Crippen LogP contribution < -0.4 is 15.1 Å². The van der Waals surface area contributed by atoms with Gasteiger partial charge in [-0.25, -0.2) is 9.18 Å². The van der Waals surface area contributed by atoms with Crippen LogP contribution in [0.25, 0.3) is 0 Å². The number of hydrogen-bond acceptors (Lipinski definition) is 3. The summed E-state index contributed by atoms with van der Waals surface area (Å²) in [6.45, 7) is 3.29. The highest BCUT2D eigenvalue weighted by molar-refractivity contribution is 5.74. The number of halogens is 1. The summed E-state index contributed by atoms with van der Waals surface area (Å²) in [7, 11) is 3.60. The van der Waals surface area contributed by atoms with Gasteiger partial charge in [0.2, 0.25) is 0 Å². The maximum Gasteiger partial charge on any atom is 0.317 e. The SMILES string of the molecule is CN(C)c1ccc(CNC(=O)N2CCN(c3ccccc3)CC2)cc1F. The minimum absolute atomic E-state index is 0.102. The molecular weight excluding hydrogens is 331 g/mol. The molecule has 0 spiro atoms. The lowest BCUT2D eigenvalue weighted by molar-refractivity contribution is 0.194. The first kappa shape index (κ1) is 18.0. The summed E-state index contributed by atoms with van der Waals surface area (Å²) in [4.78, 5) is 18.2. The van der Waals surface area contributed by atoms with Crippen molar-refractivity contribution in [1.82, 2.24) is 10.2 Å². The quantitative estimate of drug-likeness (QED) is 0.916. The number of nitrogens with zero attached hydrogens (tertiary/aromatic N) is 3. The third-order valence-electron chi connectivity index (χ3n) is 4.63. The van der Waals surface area contributed by atoms with Gasteiger partial charge in [0, 0.05) is 52.5 Å². The lowest BCUT2D eigenvalue weighted by Gasteiger charge is -2.36. The van der Waals surface area contributed by atoms with Crippen LogP contribution in [-0.4, -0.2) is 51.2 Å². The van der Waals surface area contributed by atoms with E-state index in [1.165, 1.54) is 11.8 Å². The van der Waals surface area contributed by atoms with Gasteiger partial charge in [-0.1, -0.05) is 24.3 Å². The van der Waals surface area contributed by atoms with Crippen molar-refractivity contribution in [2.45, 2.75) is 6.54 Å². The van der Waals surface area contributed by atoms with Gasteiger partial charge in [0.15, 0.2) is 0 Å². The molecule has 0 bridgehead atoms. The number of piperazine rings is 1. The van der Waals surface area contributed by atoms with Crippen molar-refractivity contribution in [2.75, 3.05) is 50.1 Å². The summed E-state index contributed by atoms with van der Waals surface area (Å²) in [5.74, 6) is -0.279. The first-order valence-corrected chi connectivity index (χ1v) is 8.83. The maximum atomic E-state index is 14.0. The normalized spacial score (nSPS) is 14.3. The molecule has 1 aliphatic rings. The minimum Gasteiger partial charge on any atom is -0.375 e. The molecular formula is C20H25FN4O. The lowest BCUT2D eigenvalue weighted by atomic mass is 10.2. The Hall–Kier alpha value is -2.76. The molecule has 1 aliphatic heterocycles. The van der Waals surface area contributed by atoms with Gasteiger partial charge in [0.05, 0.1) is 5.69 Å². The third-order valence-corrected chi connectivity index (χ3v) is 4.63. The Morgan fingerprint density at radius 3 is 2.38 bits per heavy atom. The fourth-order valence-corrected chi connectivity index (χ4v) is 3.12. The van der Waals surface area contributed by atoms with Crippen LogP contribution in [0.4, 0.5) is 20.6 Å². The molecule has 2 aromatic carbocycles. The van der Waals surface area contributed by atoms with E-state index in [-0.39, 0.29) is 11.8 Å². The average Bonchev–Trinajstić information content (AvgIpc) is 2.66. The van der Waals surface area contributed by atoms with Crippen LogP contribution in [0.15, 0.2) is 48.5 Å². The number of carbonyl (C=O) groups is 1. The standard InChI is InChI=1S/C20H25FN4O/c1-23(2)19-9-8-16(14-18(19)21)15-22-20(26)25-12-10-24(11-13-25)17-6-4-3-5-7-17/h3-9,14H,10-13,15H2,1-2H3,(H,22,26). The molecule has 26 heavy (non-hydrogen) atoms. The number of hydrogen-bond donors (Lipinski definition) is 1. The Morgan fingerprint density at radius 1 is 1.08 bits per heavy atom. The van der Waals surface area contributed by atoms with Gasteiger partial charge >= 0.3 is 6.03 Å². The Labute approximate surface area is 154 Å². The molecule has 0 aliphatic carbocycles. The second kappa shape index (κ2) is 8.08. The largest absolute Gasteiger partial charge is 0.375 e. The predicted octanol–water partition coefficient (Wildman–Crippen LogP) is 2.92. The Kier molecular flexibility index (Phi) is 5.61. The first-order valence-electron chi connectivity index (χ1n) is 8.83. The fraction of sp³-hybridized carbons (Fsp3) is 0.350. The molecule has 3 rings (SSSR count). The number of carbonyl (C=O) groups excluding carboxylic acids is 1. The molecule has 6 heteroatoms. The van der Waals surface area contributed by atoms with E-state index in [2.05, 4.69) is 22.3 Å². The van der Waals surface area contributed by atoms with E-state index < -0.39 is 0 Å². The highest BCUT2D eigenvalue weighted by atomic mass is 19.1. The van der Waals surface area contributed by atoms with Crippen molar-refractivity contribution >= 4 is 17.4 Å². The van der Waals surface area contributed by atoms with E-state index in [1.54, 1.807) is 25.1 Å². The minimum atomic E-state index is -0.279. The van der Waals surface area contributed by atoms with E-state index >= 15 is 0 Å². The van der Waals surface area contributed by atoms with Crippen molar-refractivity contribution in [3.05, 3.63) is 59.9 Å². The van der Waals surface area contributed by atoms with Gasteiger partial charge in [0.1, 0.15) is 5.82 Å². The number of urea groups is 1. The average molecular weight is 356 g/mol. The number of para-hydroxylation sites is 1. The highest BCUT2D eigenvalue weighted by Crippen LogP contribution is 2.18. The number of benzene rings is 2. The number of anilines is 2. The molecule has 1 fully saturated rings. The molecule has 1 N–H and O–H groups in total. The van der Waals surface area contributed by atoms with Gasteiger partial charge in [-0.2, -0.15) is 0 Å². The van der Waals surface area contributed by atoms with E-state index in [4.69, 9.17) is 0 Å². The van der Waals surface area contributed by atoms with Crippen molar-refractivity contribution in [3.63, 3.8) is 0 Å². The molecule has 1 heterocycles. The molecule has 2 amide bonds. The van der Waals surface area contributed by atoms with Crippen molar-refractivity contribution < 1.29 is 9.18 Å². The molecule has 0 unspecified atom stereocenters. The molecule has 0 aromatic heterocycles. The molecule has 0 saturated carbocycles. The second-order valence-corrected chi connectivity index (χ2v) is 6.65. The van der Waals surface area contributed by atoms with Crippen molar-refractivity contribution in [2.24, 2.45) is 0 Å². The van der Waals surface area contributed by atoms with Crippen LogP contribution in [0, 0.1) is 5.82 Å². The van der Waals surface area contributed by atoms with Gasteiger partial charge < -0.3 is 20.0 Å². The van der Waals surface area contributed by atoms with Gasteiger partial charge in [0.25, 0.3) is 0 Å². The van der Waals surface area contributed by atoms with E-state index in [0.717, 1.165) is 18.7 Å². The highest BCUT2D eigenvalue weighted by Gasteiger charge is 2.21. The summed E-state index contributed by atoms with van der Waals surface area (Å²) < 4.78 is 14.0. The molecule has 1 saturated heterocycles. The van der Waals surface area contributed by atoms with Crippen LogP contribution in [0.2, 0.25) is 0 Å². The van der Waals surface area contributed by atoms with Crippen LogP contribution in [-0.2, 0) is 6.54 Å². The molecule has 2 aromatic rings. The zero-order valence-corrected chi connectivity index (χ0v) is 15.3. The van der Waals surface area contributed by atoms with Crippen molar-refractivity contribution in [1.29, 1.82) is 0 Å². The molecule has 5 nitrogen and oxygen atoms in total. The summed E-state index contributed by atoms with van der Waals surface area (Å²) in [6.07, 6.45) is 0. The zero-order valence-electron chi connectivity index (χ0n) is 15.3. The third kappa shape index (κ3) is 4.25.